The van der Waals surface area contributed by atoms with Crippen LogP contribution in [0.5, 0.6) is 0 Å². The first kappa shape index (κ1) is 10.1. The van der Waals surface area contributed by atoms with E-state index in [1.165, 1.54) is 4.68 Å². The lowest BCUT2D eigenvalue weighted by atomic mass is 10.3. The number of hydrogen-bond donors (Lipinski definition) is 2. The van der Waals surface area contributed by atoms with Crippen molar-refractivity contribution in [3.05, 3.63) is 11.9 Å². The van der Waals surface area contributed by atoms with Crippen molar-refractivity contribution in [2.45, 2.75) is 25.6 Å². The Hall–Kier alpha value is -1.01. The second-order valence-corrected chi connectivity index (χ2v) is 2.96. The number of hydrogen-bond acceptors (Lipinski definition) is 4. The van der Waals surface area contributed by atoms with Crippen molar-refractivity contribution in [1.29, 1.82) is 0 Å². The first-order chi connectivity index (χ1) is 6.13. The summed E-state index contributed by atoms with van der Waals surface area (Å²) in [6.45, 7) is 1.10. The van der Waals surface area contributed by atoms with Gasteiger partial charge in [0, 0.05) is 6.04 Å². The molecule has 0 fully saturated rings. The number of halogens is 1. The van der Waals surface area contributed by atoms with Crippen LogP contribution in [0.3, 0.4) is 0 Å². The minimum atomic E-state index is -1.03. The Morgan fingerprint density at radius 3 is 2.92 bits per heavy atom. The van der Waals surface area contributed by atoms with Crippen molar-refractivity contribution in [3.63, 3.8) is 0 Å². The zero-order valence-corrected chi connectivity index (χ0v) is 7.39. The van der Waals surface area contributed by atoms with Gasteiger partial charge in [-0.25, -0.2) is 9.07 Å². The van der Waals surface area contributed by atoms with E-state index in [4.69, 9.17) is 10.8 Å². The van der Waals surface area contributed by atoms with Gasteiger partial charge in [-0.2, -0.15) is 0 Å². The third kappa shape index (κ3) is 2.74. The summed E-state index contributed by atoms with van der Waals surface area (Å²) in [6, 6.07) is -0.198. The van der Waals surface area contributed by atoms with E-state index in [-0.39, 0.29) is 12.6 Å². The molecule has 6 heteroatoms. The predicted molar refractivity (Wildman–Crippen MR) is 44.6 cm³/mol. The maximum absolute atomic E-state index is 11.9. The largest absolute Gasteiger partial charge is 0.388 e. The molecule has 2 unspecified atom stereocenters. The van der Waals surface area contributed by atoms with Crippen LogP contribution in [0, 0.1) is 0 Å². The molecule has 0 aliphatic heterocycles. The highest BCUT2D eigenvalue weighted by Gasteiger charge is 2.08. The van der Waals surface area contributed by atoms with Crippen LogP contribution in [0.15, 0.2) is 6.20 Å². The number of aliphatic hydroxyl groups is 1. The van der Waals surface area contributed by atoms with E-state index >= 15 is 0 Å². The minimum Gasteiger partial charge on any atom is -0.388 e. The Bertz CT molecular complexity index is 263. The van der Waals surface area contributed by atoms with E-state index in [2.05, 4.69) is 10.3 Å². The number of nitrogens with two attached hydrogens (primary N) is 1. The average molecular weight is 188 g/mol. The van der Waals surface area contributed by atoms with Crippen LogP contribution in [-0.4, -0.2) is 32.9 Å². The molecule has 0 amide bonds. The van der Waals surface area contributed by atoms with Crippen LogP contribution in [0.1, 0.15) is 18.7 Å². The first-order valence-electron chi connectivity index (χ1n) is 4.03. The summed E-state index contributed by atoms with van der Waals surface area (Å²) >= 11 is 0. The summed E-state index contributed by atoms with van der Waals surface area (Å²) in [7, 11) is 0. The van der Waals surface area contributed by atoms with Gasteiger partial charge in [0.1, 0.15) is 12.8 Å². The summed E-state index contributed by atoms with van der Waals surface area (Å²) in [6.07, 6.45) is 0.575. The second-order valence-electron chi connectivity index (χ2n) is 2.96. The topological polar surface area (TPSA) is 77.0 Å². The second kappa shape index (κ2) is 4.29. The van der Waals surface area contributed by atoms with Crippen LogP contribution in [0.25, 0.3) is 0 Å². The van der Waals surface area contributed by atoms with Crippen LogP contribution in [0.4, 0.5) is 4.39 Å². The minimum absolute atomic E-state index is 0.107. The summed E-state index contributed by atoms with van der Waals surface area (Å²) in [5, 5.41) is 16.4. The lowest BCUT2D eigenvalue weighted by Crippen LogP contribution is -2.18. The molecule has 0 spiro atoms. The van der Waals surface area contributed by atoms with Crippen molar-refractivity contribution in [3.8, 4) is 0 Å². The molecule has 0 aromatic carbocycles. The van der Waals surface area contributed by atoms with Crippen LogP contribution in [-0.2, 0) is 6.54 Å². The number of aliphatic hydroxyl groups excluding tert-OH is 1. The van der Waals surface area contributed by atoms with Crippen molar-refractivity contribution < 1.29 is 9.50 Å². The zero-order valence-electron chi connectivity index (χ0n) is 7.39. The molecule has 0 radical (unpaired) electrons. The van der Waals surface area contributed by atoms with E-state index in [0.717, 1.165) is 0 Å². The first-order valence-corrected chi connectivity index (χ1v) is 4.03. The fraction of sp³-hybridized carbons (Fsp3) is 0.714. The van der Waals surface area contributed by atoms with Gasteiger partial charge in [-0.1, -0.05) is 5.21 Å². The van der Waals surface area contributed by atoms with Gasteiger partial charge in [0.25, 0.3) is 0 Å². The fourth-order valence-electron chi connectivity index (χ4n) is 0.876. The summed E-state index contributed by atoms with van der Waals surface area (Å²) in [5.74, 6) is 0. The van der Waals surface area contributed by atoms with Crippen molar-refractivity contribution in [2.24, 2.45) is 5.73 Å². The average Bonchev–Trinajstić information content (AvgIpc) is 2.52. The molecule has 0 bridgehead atoms. The van der Waals surface area contributed by atoms with E-state index in [1.54, 1.807) is 13.1 Å². The molecule has 1 aromatic rings. The maximum Gasteiger partial charge on any atom is 0.117 e. The third-order valence-corrected chi connectivity index (χ3v) is 1.60. The van der Waals surface area contributed by atoms with Crippen molar-refractivity contribution >= 4 is 0 Å². The van der Waals surface area contributed by atoms with Crippen LogP contribution < -0.4 is 5.73 Å². The van der Waals surface area contributed by atoms with Gasteiger partial charge < -0.3 is 10.8 Å². The Labute approximate surface area is 75.4 Å². The molecule has 0 aliphatic carbocycles. The third-order valence-electron chi connectivity index (χ3n) is 1.60. The summed E-state index contributed by atoms with van der Waals surface area (Å²) in [4.78, 5) is 0. The molecule has 5 nitrogen and oxygen atoms in total. The zero-order chi connectivity index (χ0) is 9.84. The standard InChI is InChI=1S/C7H13FN4O/c1-5(9)7-4-12(11-10-7)3-6(13)2-8/h4-6,13H,2-3,9H2,1H3. The molecule has 0 saturated carbocycles. The molecule has 3 N–H and O–H groups in total. The molecule has 0 saturated heterocycles. The van der Waals surface area contributed by atoms with Crippen molar-refractivity contribution in [1.82, 2.24) is 15.0 Å². The molecular formula is C7H13FN4O. The van der Waals surface area contributed by atoms with E-state index in [0.29, 0.717) is 5.69 Å². The molecule has 1 heterocycles. The molecule has 0 aliphatic rings. The Kier molecular flexibility index (Phi) is 3.32. The molecule has 1 rings (SSSR count). The molecule has 13 heavy (non-hydrogen) atoms. The number of rotatable bonds is 4. The van der Waals surface area contributed by atoms with Gasteiger partial charge in [0.15, 0.2) is 0 Å². The Morgan fingerprint density at radius 1 is 1.77 bits per heavy atom. The van der Waals surface area contributed by atoms with Gasteiger partial charge in [0.05, 0.1) is 18.4 Å². The van der Waals surface area contributed by atoms with E-state index in [1.807, 2.05) is 0 Å². The fourth-order valence-corrected chi connectivity index (χ4v) is 0.876. The highest BCUT2D eigenvalue weighted by Crippen LogP contribution is 2.03. The van der Waals surface area contributed by atoms with Gasteiger partial charge in [-0.15, -0.1) is 5.10 Å². The quantitative estimate of drug-likeness (QED) is 0.675. The van der Waals surface area contributed by atoms with E-state index in [9.17, 15) is 4.39 Å². The molecule has 2 atom stereocenters. The molecular weight excluding hydrogens is 175 g/mol. The summed E-state index contributed by atoms with van der Waals surface area (Å²) in [5.41, 5.74) is 6.17. The van der Waals surface area contributed by atoms with E-state index < -0.39 is 12.8 Å². The van der Waals surface area contributed by atoms with Gasteiger partial charge in [0.2, 0.25) is 0 Å². The van der Waals surface area contributed by atoms with Crippen LogP contribution >= 0.6 is 0 Å². The monoisotopic (exact) mass is 188 g/mol. The van der Waals surface area contributed by atoms with Crippen LogP contribution in [0.2, 0.25) is 0 Å². The van der Waals surface area contributed by atoms with Crippen molar-refractivity contribution in [2.75, 3.05) is 6.67 Å². The highest BCUT2D eigenvalue weighted by atomic mass is 19.1. The molecule has 1 aromatic heterocycles. The lowest BCUT2D eigenvalue weighted by Gasteiger charge is -2.03. The van der Waals surface area contributed by atoms with Gasteiger partial charge in [-0.3, -0.25) is 0 Å². The molecule has 74 valence electrons. The number of alkyl halides is 1. The lowest BCUT2D eigenvalue weighted by molar-refractivity contribution is 0.117. The predicted octanol–water partition coefficient (Wildman–Crippen LogP) is -0.372. The smallest absolute Gasteiger partial charge is 0.117 e. The summed E-state index contributed by atoms with van der Waals surface area (Å²) < 4.78 is 13.3. The van der Waals surface area contributed by atoms with Gasteiger partial charge in [-0.05, 0) is 6.92 Å². The normalized spacial score (nSPS) is 15.7. The Morgan fingerprint density at radius 2 is 2.46 bits per heavy atom. The Balaban J connectivity index is 2.58. The number of aromatic nitrogens is 3. The highest BCUT2D eigenvalue weighted by molar-refractivity contribution is 4.97. The number of nitrogens with zero attached hydrogens (tertiary/aromatic N) is 3. The SMILES string of the molecule is CC(N)c1cn(CC(O)CF)nn1. The van der Waals surface area contributed by atoms with Gasteiger partial charge >= 0.3 is 0 Å². The maximum atomic E-state index is 11.9.